The lowest BCUT2D eigenvalue weighted by atomic mass is 9.95. The average molecular weight is 288 g/mol. The van der Waals surface area contributed by atoms with E-state index in [1.54, 1.807) is 0 Å². The summed E-state index contributed by atoms with van der Waals surface area (Å²) in [5.41, 5.74) is 1.28. The first-order chi connectivity index (χ1) is 8.67. The predicted octanol–water partition coefficient (Wildman–Crippen LogP) is 4.95. The molecule has 0 heterocycles. The molecular formula is C15H23Cl2N. The molecule has 0 aliphatic carbocycles. The Balaban J connectivity index is 2.55. The molecule has 0 bridgehead atoms. The summed E-state index contributed by atoms with van der Waals surface area (Å²) in [5.74, 6) is 0.679. The minimum Gasteiger partial charge on any atom is -0.316 e. The standard InChI is InChI=1S/C15H23Cl2N/c1-3-5-13(11-18-8-4-2)9-12-6-7-14(16)15(17)10-12/h6-7,10,13,18H,3-5,8-9,11H2,1-2H3. The summed E-state index contributed by atoms with van der Waals surface area (Å²) in [6, 6.07) is 5.96. The Hall–Kier alpha value is -0.240. The van der Waals surface area contributed by atoms with Gasteiger partial charge in [-0.05, 0) is 56.0 Å². The summed E-state index contributed by atoms with van der Waals surface area (Å²) >= 11 is 12.0. The molecule has 0 radical (unpaired) electrons. The van der Waals surface area contributed by atoms with Gasteiger partial charge in [-0.15, -0.1) is 0 Å². The highest BCUT2D eigenvalue weighted by atomic mass is 35.5. The summed E-state index contributed by atoms with van der Waals surface area (Å²) < 4.78 is 0. The van der Waals surface area contributed by atoms with Crippen molar-refractivity contribution in [2.24, 2.45) is 5.92 Å². The van der Waals surface area contributed by atoms with Gasteiger partial charge in [-0.1, -0.05) is 49.5 Å². The van der Waals surface area contributed by atoms with Gasteiger partial charge < -0.3 is 5.32 Å². The fourth-order valence-electron chi connectivity index (χ4n) is 2.17. The highest BCUT2D eigenvalue weighted by Crippen LogP contribution is 2.24. The number of nitrogens with one attached hydrogen (secondary N) is 1. The molecule has 1 aromatic rings. The van der Waals surface area contributed by atoms with Gasteiger partial charge in [0.25, 0.3) is 0 Å². The largest absolute Gasteiger partial charge is 0.316 e. The van der Waals surface area contributed by atoms with Gasteiger partial charge in [0.05, 0.1) is 10.0 Å². The van der Waals surface area contributed by atoms with E-state index in [9.17, 15) is 0 Å². The first kappa shape index (κ1) is 15.8. The van der Waals surface area contributed by atoms with Crippen molar-refractivity contribution < 1.29 is 0 Å². The second kappa shape index (κ2) is 8.79. The number of halogens is 2. The van der Waals surface area contributed by atoms with E-state index < -0.39 is 0 Å². The molecule has 1 nitrogen and oxygen atoms in total. The van der Waals surface area contributed by atoms with Gasteiger partial charge in [0.1, 0.15) is 0 Å². The lowest BCUT2D eigenvalue weighted by molar-refractivity contribution is 0.439. The fraction of sp³-hybridized carbons (Fsp3) is 0.600. The zero-order valence-corrected chi connectivity index (χ0v) is 12.8. The zero-order chi connectivity index (χ0) is 13.4. The summed E-state index contributed by atoms with van der Waals surface area (Å²) in [6.45, 7) is 6.62. The van der Waals surface area contributed by atoms with E-state index in [-0.39, 0.29) is 0 Å². The summed E-state index contributed by atoms with van der Waals surface area (Å²) in [5, 5.41) is 4.80. The number of rotatable bonds is 8. The maximum atomic E-state index is 6.05. The highest BCUT2D eigenvalue weighted by Gasteiger charge is 2.09. The average Bonchev–Trinajstić information content (AvgIpc) is 2.34. The Morgan fingerprint density at radius 2 is 1.89 bits per heavy atom. The molecule has 0 fully saturated rings. The van der Waals surface area contributed by atoms with Gasteiger partial charge in [-0.2, -0.15) is 0 Å². The zero-order valence-electron chi connectivity index (χ0n) is 11.3. The topological polar surface area (TPSA) is 12.0 Å². The molecule has 0 saturated heterocycles. The molecule has 0 saturated carbocycles. The molecule has 0 aromatic heterocycles. The third kappa shape index (κ3) is 5.60. The van der Waals surface area contributed by atoms with E-state index in [0.717, 1.165) is 19.5 Å². The maximum Gasteiger partial charge on any atom is 0.0595 e. The Bertz CT molecular complexity index is 352. The third-order valence-electron chi connectivity index (χ3n) is 3.07. The molecule has 18 heavy (non-hydrogen) atoms. The van der Waals surface area contributed by atoms with Gasteiger partial charge in [-0.3, -0.25) is 0 Å². The second-order valence-electron chi connectivity index (χ2n) is 4.81. The number of hydrogen-bond donors (Lipinski definition) is 1. The van der Waals surface area contributed by atoms with E-state index in [2.05, 4.69) is 25.2 Å². The van der Waals surface area contributed by atoms with E-state index in [0.29, 0.717) is 16.0 Å². The van der Waals surface area contributed by atoms with Crippen LogP contribution in [0.3, 0.4) is 0 Å². The van der Waals surface area contributed by atoms with E-state index in [1.165, 1.54) is 24.8 Å². The molecule has 1 rings (SSSR count). The molecule has 0 amide bonds. The Morgan fingerprint density at radius 1 is 1.11 bits per heavy atom. The molecule has 0 spiro atoms. The second-order valence-corrected chi connectivity index (χ2v) is 5.63. The summed E-state index contributed by atoms with van der Waals surface area (Å²) in [4.78, 5) is 0. The first-order valence-electron chi connectivity index (χ1n) is 6.82. The number of benzene rings is 1. The van der Waals surface area contributed by atoms with E-state index in [4.69, 9.17) is 23.2 Å². The smallest absolute Gasteiger partial charge is 0.0595 e. The Kier molecular flexibility index (Phi) is 7.73. The van der Waals surface area contributed by atoms with Crippen molar-refractivity contribution in [1.82, 2.24) is 5.32 Å². The predicted molar refractivity (Wildman–Crippen MR) is 81.7 cm³/mol. The molecule has 1 unspecified atom stereocenters. The SMILES string of the molecule is CCCNCC(CCC)Cc1ccc(Cl)c(Cl)c1. The van der Waals surface area contributed by atoms with Crippen LogP contribution in [0.25, 0.3) is 0 Å². The molecule has 102 valence electrons. The van der Waals surface area contributed by atoms with Crippen LogP contribution in [0.15, 0.2) is 18.2 Å². The third-order valence-corrected chi connectivity index (χ3v) is 3.80. The maximum absolute atomic E-state index is 6.05. The van der Waals surface area contributed by atoms with Gasteiger partial charge in [-0.25, -0.2) is 0 Å². The van der Waals surface area contributed by atoms with Crippen molar-refractivity contribution in [2.75, 3.05) is 13.1 Å². The van der Waals surface area contributed by atoms with Crippen LogP contribution in [0, 0.1) is 5.92 Å². The van der Waals surface area contributed by atoms with Crippen LogP contribution < -0.4 is 5.32 Å². The van der Waals surface area contributed by atoms with Crippen LogP contribution in [-0.2, 0) is 6.42 Å². The van der Waals surface area contributed by atoms with Crippen molar-refractivity contribution in [3.05, 3.63) is 33.8 Å². The van der Waals surface area contributed by atoms with Crippen LogP contribution in [-0.4, -0.2) is 13.1 Å². The Labute approximate surface area is 121 Å². The molecular weight excluding hydrogens is 265 g/mol. The molecule has 1 atom stereocenters. The van der Waals surface area contributed by atoms with Crippen molar-refractivity contribution in [1.29, 1.82) is 0 Å². The molecule has 1 aromatic carbocycles. The molecule has 1 N–H and O–H groups in total. The highest BCUT2D eigenvalue weighted by molar-refractivity contribution is 6.42. The fourth-order valence-corrected chi connectivity index (χ4v) is 2.49. The normalized spacial score (nSPS) is 12.7. The quantitative estimate of drug-likeness (QED) is 0.667. The minimum absolute atomic E-state index is 0.636. The van der Waals surface area contributed by atoms with E-state index in [1.807, 2.05) is 12.1 Å². The van der Waals surface area contributed by atoms with Gasteiger partial charge >= 0.3 is 0 Å². The van der Waals surface area contributed by atoms with Crippen LogP contribution in [0.1, 0.15) is 38.7 Å². The van der Waals surface area contributed by atoms with E-state index >= 15 is 0 Å². The lowest BCUT2D eigenvalue weighted by Gasteiger charge is -2.17. The molecule has 3 heteroatoms. The molecule has 0 aliphatic rings. The van der Waals surface area contributed by atoms with Crippen molar-refractivity contribution >= 4 is 23.2 Å². The monoisotopic (exact) mass is 287 g/mol. The summed E-state index contributed by atoms with van der Waals surface area (Å²) in [7, 11) is 0. The first-order valence-corrected chi connectivity index (χ1v) is 7.57. The van der Waals surface area contributed by atoms with Crippen LogP contribution in [0.5, 0.6) is 0 Å². The van der Waals surface area contributed by atoms with Crippen molar-refractivity contribution in [2.45, 2.75) is 39.5 Å². The van der Waals surface area contributed by atoms with Crippen LogP contribution in [0.2, 0.25) is 10.0 Å². The number of hydrogen-bond acceptors (Lipinski definition) is 1. The van der Waals surface area contributed by atoms with Gasteiger partial charge in [0, 0.05) is 0 Å². The van der Waals surface area contributed by atoms with Crippen LogP contribution >= 0.6 is 23.2 Å². The van der Waals surface area contributed by atoms with Crippen LogP contribution in [0.4, 0.5) is 0 Å². The van der Waals surface area contributed by atoms with Gasteiger partial charge in [0.2, 0.25) is 0 Å². The van der Waals surface area contributed by atoms with Crippen molar-refractivity contribution in [3.63, 3.8) is 0 Å². The Morgan fingerprint density at radius 3 is 2.50 bits per heavy atom. The lowest BCUT2D eigenvalue weighted by Crippen LogP contribution is -2.25. The molecule has 0 aliphatic heterocycles. The van der Waals surface area contributed by atoms with Crippen molar-refractivity contribution in [3.8, 4) is 0 Å². The minimum atomic E-state index is 0.636. The summed E-state index contributed by atoms with van der Waals surface area (Å²) in [6.07, 6.45) is 4.73. The van der Waals surface area contributed by atoms with Gasteiger partial charge in [0.15, 0.2) is 0 Å².